The number of benzene rings is 4. The molecule has 4 aromatic rings. The Morgan fingerprint density at radius 3 is 1.51 bits per heavy atom. The third-order valence-corrected chi connectivity index (χ3v) is 9.07. The average molecular weight is 543 g/mol. The molecule has 0 aliphatic heterocycles. The highest BCUT2D eigenvalue weighted by Gasteiger charge is 2.26. The maximum atomic E-state index is 11.9. The monoisotopic (exact) mass is 542 g/mol. The first kappa shape index (κ1) is 28.8. The van der Waals surface area contributed by atoms with Gasteiger partial charge in [0.15, 0.2) is 0 Å². The van der Waals surface area contributed by atoms with Crippen molar-refractivity contribution in [1.29, 1.82) is 0 Å². The van der Waals surface area contributed by atoms with Crippen LogP contribution in [0, 0.1) is 0 Å². The Kier molecular flexibility index (Phi) is 9.80. The third-order valence-electron chi connectivity index (χ3n) is 7.62. The molecule has 1 N–H and O–H groups in total. The molecule has 0 aromatic heterocycles. The van der Waals surface area contributed by atoms with Crippen molar-refractivity contribution in [1.82, 2.24) is 0 Å². The van der Waals surface area contributed by atoms with Crippen LogP contribution in [0.4, 0.5) is 0 Å². The van der Waals surface area contributed by atoms with Gasteiger partial charge in [0.1, 0.15) is 5.75 Å². The summed E-state index contributed by atoms with van der Waals surface area (Å²) in [5, 5.41) is 0. The Morgan fingerprint density at radius 1 is 0.692 bits per heavy atom. The van der Waals surface area contributed by atoms with Crippen molar-refractivity contribution in [3.8, 4) is 5.75 Å². The van der Waals surface area contributed by atoms with E-state index in [9.17, 15) is 9.46 Å². The Labute approximate surface area is 233 Å². The summed E-state index contributed by atoms with van der Waals surface area (Å²) >= 11 is 0. The minimum absolute atomic E-state index is 0.0627. The molecule has 4 atom stereocenters. The van der Waals surface area contributed by atoms with Crippen LogP contribution >= 0.6 is 7.60 Å². The van der Waals surface area contributed by atoms with E-state index >= 15 is 0 Å². The predicted octanol–water partition coefficient (Wildman–Crippen LogP) is 8.74. The number of ether oxygens (including phenoxy) is 1. The predicted molar refractivity (Wildman–Crippen MR) is 160 cm³/mol. The average Bonchev–Trinajstić information content (AvgIpc) is 2.99. The van der Waals surface area contributed by atoms with Crippen LogP contribution in [-0.2, 0) is 9.09 Å². The molecule has 0 radical (unpaired) electrons. The SMILES string of the molecule is COP(=O)(O)CCCOc1cc(C(C)c2ccccc2)c(C(C)c2ccccc2)c(C(C)c2ccccc2)c1. The third kappa shape index (κ3) is 7.28. The number of hydrogen-bond donors (Lipinski definition) is 1. The second-order valence-electron chi connectivity index (χ2n) is 10.2. The van der Waals surface area contributed by atoms with Crippen molar-refractivity contribution >= 4 is 7.60 Å². The van der Waals surface area contributed by atoms with Gasteiger partial charge in [-0.3, -0.25) is 4.57 Å². The molecule has 0 bridgehead atoms. The van der Waals surface area contributed by atoms with Gasteiger partial charge in [0, 0.05) is 24.9 Å². The van der Waals surface area contributed by atoms with Crippen molar-refractivity contribution in [3.63, 3.8) is 0 Å². The zero-order chi connectivity index (χ0) is 27.8. The summed E-state index contributed by atoms with van der Waals surface area (Å²) in [5.41, 5.74) is 7.55. The first-order valence-electron chi connectivity index (χ1n) is 13.6. The molecule has 0 saturated heterocycles. The van der Waals surface area contributed by atoms with Gasteiger partial charge in [-0.05, 0) is 51.9 Å². The first-order valence-corrected chi connectivity index (χ1v) is 15.4. The van der Waals surface area contributed by atoms with Crippen LogP contribution in [0.3, 0.4) is 0 Å². The summed E-state index contributed by atoms with van der Waals surface area (Å²) in [7, 11) is -2.29. The highest BCUT2D eigenvalue weighted by Crippen LogP contribution is 2.43. The number of hydrogen-bond acceptors (Lipinski definition) is 3. The molecule has 39 heavy (non-hydrogen) atoms. The van der Waals surface area contributed by atoms with Crippen LogP contribution in [-0.4, -0.2) is 24.8 Å². The van der Waals surface area contributed by atoms with E-state index in [0.29, 0.717) is 13.0 Å². The zero-order valence-corrected chi connectivity index (χ0v) is 24.2. The second-order valence-corrected chi connectivity index (χ2v) is 12.2. The largest absolute Gasteiger partial charge is 0.494 e. The minimum atomic E-state index is -3.56. The highest BCUT2D eigenvalue weighted by molar-refractivity contribution is 7.52. The van der Waals surface area contributed by atoms with Crippen molar-refractivity contribution in [2.45, 2.75) is 44.9 Å². The molecule has 0 saturated carbocycles. The fourth-order valence-corrected chi connectivity index (χ4v) is 5.98. The molecular formula is C34H39O4P. The standard InChI is InChI=1S/C34H39O4P/c1-25(28-15-8-5-9-16-28)32-23-31(38-21-14-22-39(35,36)37-4)24-33(26(2)29-17-10-6-11-18-29)34(32)27(3)30-19-12-7-13-20-30/h5-13,15-20,23-27H,14,21-22H2,1-4H3,(H,35,36). The Balaban J connectivity index is 1.84. The minimum Gasteiger partial charge on any atom is -0.494 e. The van der Waals surface area contributed by atoms with Crippen LogP contribution in [0.5, 0.6) is 5.75 Å². The molecule has 4 nitrogen and oxygen atoms in total. The summed E-state index contributed by atoms with van der Waals surface area (Å²) < 4.78 is 22.9. The maximum Gasteiger partial charge on any atom is 0.327 e. The van der Waals surface area contributed by atoms with Crippen LogP contribution in [0.1, 0.15) is 78.3 Å². The van der Waals surface area contributed by atoms with E-state index in [0.717, 1.165) is 5.75 Å². The van der Waals surface area contributed by atoms with E-state index < -0.39 is 7.60 Å². The maximum absolute atomic E-state index is 11.9. The first-order chi connectivity index (χ1) is 18.8. The van der Waals surface area contributed by atoms with Crippen molar-refractivity contribution in [3.05, 3.63) is 137 Å². The lowest BCUT2D eigenvalue weighted by atomic mass is 9.76. The van der Waals surface area contributed by atoms with E-state index in [4.69, 9.17) is 9.26 Å². The molecule has 4 aromatic carbocycles. The Morgan fingerprint density at radius 2 is 1.10 bits per heavy atom. The van der Waals surface area contributed by atoms with E-state index in [1.807, 2.05) is 12.1 Å². The summed E-state index contributed by atoms with van der Waals surface area (Å²) in [4.78, 5) is 9.79. The summed E-state index contributed by atoms with van der Waals surface area (Å²) in [5.74, 6) is 1.23. The Hall–Kier alpha value is -3.17. The van der Waals surface area contributed by atoms with Crippen molar-refractivity contribution in [2.75, 3.05) is 19.9 Å². The molecule has 4 unspecified atom stereocenters. The molecule has 0 aliphatic carbocycles. The van der Waals surface area contributed by atoms with Crippen LogP contribution in [0.25, 0.3) is 0 Å². The molecule has 0 amide bonds. The van der Waals surface area contributed by atoms with Gasteiger partial charge in [0.2, 0.25) is 0 Å². The molecule has 4 rings (SSSR count). The summed E-state index contributed by atoms with van der Waals surface area (Å²) in [6.07, 6.45) is 0.490. The lowest BCUT2D eigenvalue weighted by molar-refractivity contribution is 0.293. The molecule has 0 heterocycles. The normalized spacial score (nSPS) is 15.2. The van der Waals surface area contributed by atoms with Gasteiger partial charge < -0.3 is 14.2 Å². The van der Waals surface area contributed by atoms with Crippen LogP contribution < -0.4 is 4.74 Å². The molecular weight excluding hydrogens is 503 g/mol. The zero-order valence-electron chi connectivity index (χ0n) is 23.3. The van der Waals surface area contributed by atoms with E-state index in [1.165, 1.54) is 40.5 Å². The van der Waals surface area contributed by atoms with Gasteiger partial charge in [-0.25, -0.2) is 0 Å². The second kappa shape index (κ2) is 13.3. The lowest BCUT2D eigenvalue weighted by Gasteiger charge is -2.29. The van der Waals surface area contributed by atoms with Crippen LogP contribution in [0.15, 0.2) is 103 Å². The Bertz CT molecular complexity index is 1310. The fourth-order valence-electron chi connectivity index (χ4n) is 5.27. The smallest absolute Gasteiger partial charge is 0.327 e. The van der Waals surface area contributed by atoms with Crippen molar-refractivity contribution in [2.24, 2.45) is 0 Å². The van der Waals surface area contributed by atoms with E-state index in [2.05, 4.69) is 112 Å². The van der Waals surface area contributed by atoms with Gasteiger partial charge >= 0.3 is 7.60 Å². The summed E-state index contributed by atoms with van der Waals surface area (Å²) in [6.45, 7) is 7.14. The van der Waals surface area contributed by atoms with E-state index in [-0.39, 0.29) is 23.9 Å². The summed E-state index contributed by atoms with van der Waals surface area (Å²) in [6, 6.07) is 36.2. The molecule has 204 valence electrons. The van der Waals surface area contributed by atoms with Gasteiger partial charge in [-0.2, -0.15) is 0 Å². The van der Waals surface area contributed by atoms with Gasteiger partial charge in [-0.15, -0.1) is 0 Å². The molecule has 0 aliphatic rings. The van der Waals surface area contributed by atoms with E-state index in [1.54, 1.807) is 0 Å². The number of rotatable bonds is 12. The molecule has 0 spiro atoms. The van der Waals surface area contributed by atoms with Gasteiger partial charge in [0.25, 0.3) is 0 Å². The quantitative estimate of drug-likeness (QED) is 0.144. The topological polar surface area (TPSA) is 55.8 Å². The molecule has 0 fully saturated rings. The van der Waals surface area contributed by atoms with Crippen LogP contribution in [0.2, 0.25) is 0 Å². The van der Waals surface area contributed by atoms with Gasteiger partial charge in [0.05, 0.1) is 12.8 Å². The highest BCUT2D eigenvalue weighted by atomic mass is 31.2. The van der Waals surface area contributed by atoms with Gasteiger partial charge in [-0.1, -0.05) is 112 Å². The molecule has 5 heteroatoms. The lowest BCUT2D eigenvalue weighted by Crippen LogP contribution is -2.13. The fraction of sp³-hybridized carbons (Fsp3) is 0.294. The van der Waals surface area contributed by atoms with Crippen molar-refractivity contribution < 1.29 is 18.7 Å².